The fourth-order valence-electron chi connectivity index (χ4n) is 2.92. The number of rotatable bonds is 6. The predicted molar refractivity (Wildman–Crippen MR) is 99.2 cm³/mol. The summed E-state index contributed by atoms with van der Waals surface area (Å²) in [7, 11) is 0. The Morgan fingerprint density at radius 3 is 2.96 bits per heavy atom. The summed E-state index contributed by atoms with van der Waals surface area (Å²) in [5.41, 5.74) is 10.4. The van der Waals surface area contributed by atoms with Crippen LogP contribution in [0.15, 0.2) is 24.4 Å². The van der Waals surface area contributed by atoms with E-state index < -0.39 is 0 Å². The molecule has 0 radical (unpaired) electrons. The fourth-order valence-corrected chi connectivity index (χ4v) is 2.92. The molecule has 1 aromatic heterocycles. The summed E-state index contributed by atoms with van der Waals surface area (Å²) < 4.78 is 0. The van der Waals surface area contributed by atoms with Gasteiger partial charge in [0.05, 0.1) is 11.9 Å². The molecule has 6 heteroatoms. The summed E-state index contributed by atoms with van der Waals surface area (Å²) >= 11 is 0. The average Bonchev–Trinajstić information content (AvgIpc) is 3.10. The first-order valence-electron chi connectivity index (χ1n) is 8.49. The highest BCUT2D eigenvalue weighted by Gasteiger charge is 2.14. The summed E-state index contributed by atoms with van der Waals surface area (Å²) in [6.07, 6.45) is 2.85. The van der Waals surface area contributed by atoms with Crippen molar-refractivity contribution in [3.8, 4) is 0 Å². The van der Waals surface area contributed by atoms with Gasteiger partial charge < -0.3 is 21.7 Å². The van der Waals surface area contributed by atoms with Gasteiger partial charge in [0.15, 0.2) is 5.82 Å². The molecule has 3 rings (SSSR count). The zero-order valence-corrected chi connectivity index (χ0v) is 14.4. The van der Waals surface area contributed by atoms with Gasteiger partial charge in [0.2, 0.25) is 5.95 Å². The lowest BCUT2D eigenvalue weighted by Crippen LogP contribution is -2.18. The molecule has 2 aromatic rings. The zero-order chi connectivity index (χ0) is 16.9. The summed E-state index contributed by atoms with van der Waals surface area (Å²) in [5.74, 6) is 1.94. The highest BCUT2D eigenvalue weighted by Crippen LogP contribution is 2.19. The molecule has 0 spiro atoms. The molecule has 6 nitrogen and oxygen atoms in total. The van der Waals surface area contributed by atoms with E-state index >= 15 is 0 Å². The van der Waals surface area contributed by atoms with E-state index in [4.69, 9.17) is 5.73 Å². The monoisotopic (exact) mass is 326 g/mol. The van der Waals surface area contributed by atoms with E-state index in [1.165, 1.54) is 23.1 Å². The normalized spacial score (nSPS) is 17.0. The third-order valence-electron chi connectivity index (χ3n) is 4.69. The van der Waals surface area contributed by atoms with Gasteiger partial charge in [0.1, 0.15) is 0 Å². The maximum atomic E-state index is 6.01. The van der Waals surface area contributed by atoms with Gasteiger partial charge in [-0.1, -0.05) is 18.2 Å². The van der Waals surface area contributed by atoms with Crippen molar-refractivity contribution < 1.29 is 0 Å². The molecular formula is C18H26N6. The van der Waals surface area contributed by atoms with E-state index in [1.54, 1.807) is 6.20 Å². The number of nitrogen functional groups attached to an aromatic ring is 1. The summed E-state index contributed by atoms with van der Waals surface area (Å²) in [5, 5.41) is 10.0. The van der Waals surface area contributed by atoms with Crippen LogP contribution in [0.2, 0.25) is 0 Å². The van der Waals surface area contributed by atoms with Crippen LogP contribution in [0.4, 0.5) is 17.5 Å². The number of aromatic nitrogens is 2. The van der Waals surface area contributed by atoms with Crippen molar-refractivity contribution in [2.24, 2.45) is 5.92 Å². The van der Waals surface area contributed by atoms with Crippen LogP contribution in [0, 0.1) is 19.8 Å². The molecule has 2 heterocycles. The third-order valence-corrected chi connectivity index (χ3v) is 4.69. The van der Waals surface area contributed by atoms with Crippen molar-refractivity contribution >= 4 is 17.5 Å². The van der Waals surface area contributed by atoms with Crippen molar-refractivity contribution in [3.05, 3.63) is 41.1 Å². The van der Waals surface area contributed by atoms with E-state index in [1.807, 2.05) is 0 Å². The van der Waals surface area contributed by atoms with Crippen LogP contribution in [0.3, 0.4) is 0 Å². The van der Waals surface area contributed by atoms with Gasteiger partial charge in [0.25, 0.3) is 0 Å². The summed E-state index contributed by atoms with van der Waals surface area (Å²) in [4.78, 5) is 8.80. The highest BCUT2D eigenvalue weighted by atomic mass is 15.2. The molecule has 1 aliphatic rings. The van der Waals surface area contributed by atoms with Gasteiger partial charge in [-0.2, -0.15) is 4.98 Å². The first-order valence-corrected chi connectivity index (χ1v) is 8.49. The highest BCUT2D eigenvalue weighted by molar-refractivity contribution is 5.61. The molecule has 5 N–H and O–H groups in total. The number of aryl methyl sites for hydroxylation is 1. The number of hydrogen-bond acceptors (Lipinski definition) is 6. The van der Waals surface area contributed by atoms with Gasteiger partial charge in [0, 0.05) is 13.1 Å². The minimum absolute atomic E-state index is 0.563. The molecule has 0 unspecified atom stereocenters. The van der Waals surface area contributed by atoms with Gasteiger partial charge in [-0.15, -0.1) is 0 Å². The van der Waals surface area contributed by atoms with E-state index in [-0.39, 0.29) is 0 Å². The minimum Gasteiger partial charge on any atom is -0.394 e. The minimum atomic E-state index is 0.563. The van der Waals surface area contributed by atoms with Gasteiger partial charge in [-0.25, -0.2) is 4.98 Å². The van der Waals surface area contributed by atoms with Crippen LogP contribution in [0.25, 0.3) is 0 Å². The lowest BCUT2D eigenvalue weighted by atomic mass is 10.0. The second-order valence-electron chi connectivity index (χ2n) is 6.45. The van der Waals surface area contributed by atoms with E-state index in [9.17, 15) is 0 Å². The Morgan fingerprint density at radius 2 is 2.17 bits per heavy atom. The first-order chi connectivity index (χ1) is 11.6. The van der Waals surface area contributed by atoms with Crippen LogP contribution < -0.4 is 21.7 Å². The van der Waals surface area contributed by atoms with Crippen LogP contribution in [0.1, 0.15) is 23.1 Å². The average molecular weight is 326 g/mol. The molecule has 1 fully saturated rings. The van der Waals surface area contributed by atoms with Gasteiger partial charge >= 0.3 is 0 Å². The van der Waals surface area contributed by atoms with Crippen molar-refractivity contribution in [2.45, 2.75) is 26.8 Å². The lowest BCUT2D eigenvalue weighted by Gasteiger charge is -2.14. The Kier molecular flexibility index (Phi) is 5.15. The smallest absolute Gasteiger partial charge is 0.224 e. The standard InChI is InChI=1S/C18H26N6/c1-12-4-3-5-15(13(12)2)10-21-17-16(19)11-23-18(24-17)22-9-14-6-7-20-8-14/h3-5,11,14,20H,6-10,19H2,1-2H3,(H2,21,22,23,24)/t14-/m1/s1. The number of hydrogen-bond donors (Lipinski definition) is 4. The largest absolute Gasteiger partial charge is 0.394 e. The second kappa shape index (κ2) is 7.49. The molecule has 1 aliphatic heterocycles. The van der Waals surface area contributed by atoms with Gasteiger partial charge in [-0.05, 0) is 56.0 Å². The molecule has 1 aromatic carbocycles. The summed E-state index contributed by atoms with van der Waals surface area (Å²) in [6, 6.07) is 6.32. The first kappa shape index (κ1) is 16.5. The topological polar surface area (TPSA) is 87.9 Å². The number of nitrogens with two attached hydrogens (primary N) is 1. The molecule has 0 aliphatic carbocycles. The SMILES string of the molecule is Cc1cccc(CNc2nc(NC[C@@H]3CCNC3)ncc2N)c1C. The predicted octanol–water partition coefficient (Wildman–Crippen LogP) is 2.31. The van der Waals surface area contributed by atoms with Gasteiger partial charge in [-0.3, -0.25) is 0 Å². The Labute approximate surface area is 143 Å². The maximum Gasteiger partial charge on any atom is 0.224 e. The fraction of sp³-hybridized carbons (Fsp3) is 0.444. The molecule has 0 bridgehead atoms. The molecule has 1 atom stereocenters. The molecule has 1 saturated heterocycles. The lowest BCUT2D eigenvalue weighted by molar-refractivity contribution is 0.613. The Balaban J connectivity index is 1.64. The molecular weight excluding hydrogens is 300 g/mol. The van der Waals surface area contributed by atoms with Crippen LogP contribution in [0.5, 0.6) is 0 Å². The van der Waals surface area contributed by atoms with Crippen LogP contribution >= 0.6 is 0 Å². The Morgan fingerprint density at radius 1 is 1.29 bits per heavy atom. The Bertz CT molecular complexity index is 694. The van der Waals surface area contributed by atoms with Crippen molar-refractivity contribution in [1.29, 1.82) is 0 Å². The third kappa shape index (κ3) is 3.94. The molecule has 0 amide bonds. The number of nitrogens with one attached hydrogen (secondary N) is 3. The van der Waals surface area contributed by atoms with E-state index in [0.717, 1.165) is 19.6 Å². The maximum absolute atomic E-state index is 6.01. The quantitative estimate of drug-likeness (QED) is 0.651. The Hall–Kier alpha value is -2.34. The van der Waals surface area contributed by atoms with Crippen molar-refractivity contribution in [2.75, 3.05) is 36.0 Å². The van der Waals surface area contributed by atoms with Crippen LogP contribution in [-0.2, 0) is 6.54 Å². The zero-order valence-electron chi connectivity index (χ0n) is 14.4. The van der Waals surface area contributed by atoms with E-state index in [2.05, 4.69) is 58.0 Å². The number of nitrogens with zero attached hydrogens (tertiary/aromatic N) is 2. The molecule has 24 heavy (non-hydrogen) atoms. The molecule has 0 saturated carbocycles. The van der Waals surface area contributed by atoms with E-state index in [0.29, 0.717) is 29.9 Å². The van der Waals surface area contributed by atoms with Crippen LogP contribution in [-0.4, -0.2) is 29.6 Å². The molecule has 128 valence electrons. The van der Waals surface area contributed by atoms with Crippen molar-refractivity contribution in [3.63, 3.8) is 0 Å². The number of benzene rings is 1. The number of anilines is 3. The van der Waals surface area contributed by atoms with Crippen molar-refractivity contribution in [1.82, 2.24) is 15.3 Å². The second-order valence-corrected chi connectivity index (χ2v) is 6.45. The summed E-state index contributed by atoms with van der Waals surface area (Å²) in [6.45, 7) is 7.99.